The van der Waals surface area contributed by atoms with Crippen LogP contribution < -0.4 is 0 Å². The summed E-state index contributed by atoms with van der Waals surface area (Å²) in [5.41, 5.74) is 0. The van der Waals surface area contributed by atoms with E-state index in [0.717, 1.165) is 51.1 Å². The second kappa shape index (κ2) is 5.86. The first-order chi connectivity index (χ1) is 10.3. The zero-order valence-electron chi connectivity index (χ0n) is 12.7. The van der Waals surface area contributed by atoms with Crippen LogP contribution >= 0.6 is 0 Å². The summed E-state index contributed by atoms with van der Waals surface area (Å²) in [5.74, 6) is 0.985. The van der Waals surface area contributed by atoms with E-state index in [0.29, 0.717) is 12.6 Å². The first kappa shape index (κ1) is 14.0. The molecule has 4 aliphatic rings. The summed E-state index contributed by atoms with van der Waals surface area (Å²) >= 11 is 0. The Labute approximate surface area is 126 Å². The molecule has 3 saturated heterocycles. The SMILES string of the molecule is O=C([C@@H]1CC[C@@H]2[C@@H](CCN2CC2CC2)O1)N1CCCCO1. The van der Waals surface area contributed by atoms with Gasteiger partial charge in [0.1, 0.15) is 6.10 Å². The Morgan fingerprint density at radius 1 is 1.05 bits per heavy atom. The van der Waals surface area contributed by atoms with Crippen molar-refractivity contribution in [3.8, 4) is 0 Å². The van der Waals surface area contributed by atoms with Crippen molar-refractivity contribution < 1.29 is 14.4 Å². The standard InChI is InChI=1S/C16H26N2O3/c19-16(18-8-1-2-10-20-18)15-6-5-13-14(21-15)7-9-17(13)11-12-3-4-12/h12-15H,1-11H2/t13-,14-,15+/m1/s1. The summed E-state index contributed by atoms with van der Waals surface area (Å²) < 4.78 is 6.14. The van der Waals surface area contributed by atoms with Crippen molar-refractivity contribution >= 4 is 5.91 Å². The summed E-state index contributed by atoms with van der Waals surface area (Å²) in [4.78, 5) is 20.6. The fourth-order valence-electron chi connectivity index (χ4n) is 3.99. The van der Waals surface area contributed by atoms with E-state index < -0.39 is 0 Å². The number of amides is 1. The zero-order chi connectivity index (χ0) is 14.2. The van der Waals surface area contributed by atoms with Gasteiger partial charge in [0.05, 0.1) is 12.7 Å². The van der Waals surface area contributed by atoms with Crippen LogP contribution in [0, 0.1) is 5.92 Å². The van der Waals surface area contributed by atoms with E-state index in [1.165, 1.54) is 19.4 Å². The van der Waals surface area contributed by atoms with Crippen molar-refractivity contribution in [2.75, 3.05) is 26.2 Å². The molecule has 0 aromatic carbocycles. The lowest BCUT2D eigenvalue weighted by atomic mass is 9.98. The molecular formula is C16H26N2O3. The topological polar surface area (TPSA) is 42.0 Å². The maximum atomic E-state index is 12.5. The van der Waals surface area contributed by atoms with Crippen molar-refractivity contribution in [3.63, 3.8) is 0 Å². The van der Waals surface area contributed by atoms with Crippen LogP contribution in [0.5, 0.6) is 0 Å². The average Bonchev–Trinajstić information content (AvgIpc) is 3.27. The van der Waals surface area contributed by atoms with Crippen molar-refractivity contribution in [1.29, 1.82) is 0 Å². The molecule has 3 atom stereocenters. The highest BCUT2D eigenvalue weighted by Gasteiger charge is 2.44. The molecule has 0 radical (unpaired) electrons. The van der Waals surface area contributed by atoms with Gasteiger partial charge in [-0.05, 0) is 50.9 Å². The largest absolute Gasteiger partial charge is 0.363 e. The molecule has 4 fully saturated rings. The van der Waals surface area contributed by atoms with Crippen LogP contribution in [0.2, 0.25) is 0 Å². The monoisotopic (exact) mass is 294 g/mol. The third-order valence-electron chi connectivity index (χ3n) is 5.38. The summed E-state index contributed by atoms with van der Waals surface area (Å²) in [6.07, 6.45) is 7.92. The van der Waals surface area contributed by atoms with E-state index >= 15 is 0 Å². The van der Waals surface area contributed by atoms with E-state index in [1.54, 1.807) is 5.06 Å². The molecule has 5 nitrogen and oxygen atoms in total. The molecule has 1 amide bonds. The Morgan fingerprint density at radius 3 is 2.71 bits per heavy atom. The minimum Gasteiger partial charge on any atom is -0.363 e. The number of carbonyl (C=O) groups excluding carboxylic acids is 1. The lowest BCUT2D eigenvalue weighted by Crippen LogP contribution is -2.50. The summed E-state index contributed by atoms with van der Waals surface area (Å²) in [7, 11) is 0. The molecule has 0 N–H and O–H groups in total. The van der Waals surface area contributed by atoms with Gasteiger partial charge in [-0.3, -0.25) is 14.5 Å². The molecule has 0 spiro atoms. The van der Waals surface area contributed by atoms with Gasteiger partial charge in [0, 0.05) is 25.7 Å². The van der Waals surface area contributed by atoms with Gasteiger partial charge < -0.3 is 4.74 Å². The Morgan fingerprint density at radius 2 is 1.95 bits per heavy atom. The summed E-state index contributed by atoms with van der Waals surface area (Å²) in [6, 6.07) is 0.553. The highest BCUT2D eigenvalue weighted by molar-refractivity contribution is 5.80. The van der Waals surface area contributed by atoms with E-state index in [1.807, 2.05) is 0 Å². The first-order valence-electron chi connectivity index (χ1n) is 8.65. The zero-order valence-corrected chi connectivity index (χ0v) is 12.7. The Kier molecular flexibility index (Phi) is 3.90. The predicted octanol–water partition coefficient (Wildman–Crippen LogP) is 1.57. The smallest absolute Gasteiger partial charge is 0.275 e. The van der Waals surface area contributed by atoms with Gasteiger partial charge >= 0.3 is 0 Å². The van der Waals surface area contributed by atoms with E-state index in [2.05, 4.69) is 4.90 Å². The predicted molar refractivity (Wildman–Crippen MR) is 77.5 cm³/mol. The average molecular weight is 294 g/mol. The van der Waals surface area contributed by atoms with E-state index in [-0.39, 0.29) is 18.1 Å². The Bertz CT molecular complexity index is 393. The second-order valence-corrected chi connectivity index (χ2v) is 7.02. The molecule has 5 heteroatoms. The lowest BCUT2D eigenvalue weighted by molar-refractivity contribution is -0.213. The number of fused-ring (bicyclic) bond motifs is 1. The van der Waals surface area contributed by atoms with Gasteiger partial charge in [0.2, 0.25) is 0 Å². The Balaban J connectivity index is 1.33. The Hall–Kier alpha value is -0.650. The molecule has 0 bridgehead atoms. The van der Waals surface area contributed by atoms with Crippen LogP contribution in [0.3, 0.4) is 0 Å². The number of carbonyl (C=O) groups is 1. The molecule has 3 aliphatic heterocycles. The van der Waals surface area contributed by atoms with Crippen LogP contribution in [0.25, 0.3) is 0 Å². The van der Waals surface area contributed by atoms with Crippen LogP contribution in [-0.4, -0.2) is 60.4 Å². The van der Waals surface area contributed by atoms with Gasteiger partial charge in [-0.1, -0.05) is 0 Å². The first-order valence-corrected chi connectivity index (χ1v) is 8.65. The molecule has 0 unspecified atom stereocenters. The highest BCUT2D eigenvalue weighted by Crippen LogP contribution is 2.36. The number of hydrogen-bond donors (Lipinski definition) is 0. The van der Waals surface area contributed by atoms with E-state index in [4.69, 9.17) is 9.57 Å². The molecule has 1 saturated carbocycles. The third kappa shape index (κ3) is 2.96. The van der Waals surface area contributed by atoms with Crippen LogP contribution in [-0.2, 0) is 14.4 Å². The molecular weight excluding hydrogens is 268 g/mol. The number of likely N-dealkylation sites (tertiary alicyclic amines) is 1. The van der Waals surface area contributed by atoms with Crippen molar-refractivity contribution in [2.45, 2.75) is 63.2 Å². The summed E-state index contributed by atoms with van der Waals surface area (Å²) in [5, 5.41) is 1.55. The summed E-state index contributed by atoms with van der Waals surface area (Å²) in [6.45, 7) is 3.78. The van der Waals surface area contributed by atoms with Crippen molar-refractivity contribution in [1.82, 2.24) is 9.96 Å². The van der Waals surface area contributed by atoms with Gasteiger partial charge in [0.25, 0.3) is 5.91 Å². The molecule has 0 aromatic heterocycles. The molecule has 3 heterocycles. The van der Waals surface area contributed by atoms with Gasteiger partial charge in [-0.15, -0.1) is 0 Å². The fourth-order valence-corrected chi connectivity index (χ4v) is 3.99. The number of hydrogen-bond acceptors (Lipinski definition) is 4. The number of hydroxylamine groups is 2. The number of ether oxygens (including phenoxy) is 1. The molecule has 118 valence electrons. The quantitative estimate of drug-likeness (QED) is 0.792. The van der Waals surface area contributed by atoms with Crippen molar-refractivity contribution in [2.24, 2.45) is 5.92 Å². The van der Waals surface area contributed by atoms with Crippen LogP contribution in [0.4, 0.5) is 0 Å². The maximum Gasteiger partial charge on any atom is 0.275 e. The number of nitrogens with zero attached hydrogens (tertiary/aromatic N) is 2. The molecule has 21 heavy (non-hydrogen) atoms. The van der Waals surface area contributed by atoms with Gasteiger partial charge in [-0.25, -0.2) is 5.06 Å². The molecule has 4 rings (SSSR count). The molecule has 0 aromatic rings. The minimum atomic E-state index is -0.273. The normalized spacial score (nSPS) is 37.5. The van der Waals surface area contributed by atoms with Gasteiger partial charge in [-0.2, -0.15) is 0 Å². The second-order valence-electron chi connectivity index (χ2n) is 7.02. The van der Waals surface area contributed by atoms with Crippen molar-refractivity contribution in [3.05, 3.63) is 0 Å². The highest BCUT2D eigenvalue weighted by atomic mass is 16.7. The molecule has 1 aliphatic carbocycles. The number of rotatable bonds is 3. The lowest BCUT2D eigenvalue weighted by Gasteiger charge is -2.37. The van der Waals surface area contributed by atoms with Gasteiger partial charge in [0.15, 0.2) is 0 Å². The van der Waals surface area contributed by atoms with Crippen LogP contribution in [0.15, 0.2) is 0 Å². The maximum absolute atomic E-state index is 12.5. The minimum absolute atomic E-state index is 0.0498. The van der Waals surface area contributed by atoms with Crippen LogP contribution in [0.1, 0.15) is 44.9 Å². The fraction of sp³-hybridized carbons (Fsp3) is 0.938. The third-order valence-corrected chi connectivity index (χ3v) is 5.38. The van der Waals surface area contributed by atoms with E-state index in [9.17, 15) is 4.79 Å².